The number of nitrogens with one attached hydrogen (secondary N) is 1. The van der Waals surface area contributed by atoms with Crippen LogP contribution in [-0.2, 0) is 17.1 Å². The van der Waals surface area contributed by atoms with E-state index in [-0.39, 0.29) is 0 Å². The van der Waals surface area contributed by atoms with Gasteiger partial charge in [0.05, 0.1) is 27.9 Å². The Hall–Kier alpha value is -2.34. The maximum atomic E-state index is 12.5. The number of anilines is 1. The average Bonchev–Trinajstić information content (AvgIpc) is 2.79. The predicted molar refractivity (Wildman–Crippen MR) is 87.4 cm³/mol. The first kappa shape index (κ1) is 14.6. The van der Waals surface area contributed by atoms with Crippen molar-refractivity contribution in [2.24, 2.45) is 7.05 Å². The van der Waals surface area contributed by atoms with Crippen molar-refractivity contribution in [2.75, 3.05) is 4.72 Å². The van der Waals surface area contributed by atoms with Gasteiger partial charge in [-0.05, 0) is 43.7 Å². The molecule has 22 heavy (non-hydrogen) atoms. The van der Waals surface area contributed by atoms with Crippen molar-refractivity contribution in [2.45, 2.75) is 18.7 Å². The van der Waals surface area contributed by atoms with Crippen molar-refractivity contribution < 1.29 is 8.42 Å². The minimum absolute atomic E-state index is 0.291. The Morgan fingerprint density at radius 1 is 1.09 bits per heavy atom. The highest BCUT2D eigenvalue weighted by Crippen LogP contribution is 2.22. The molecule has 0 atom stereocenters. The van der Waals surface area contributed by atoms with Gasteiger partial charge in [0, 0.05) is 7.05 Å². The van der Waals surface area contributed by atoms with E-state index in [9.17, 15) is 8.42 Å². The molecule has 0 aliphatic rings. The molecule has 5 nitrogen and oxygen atoms in total. The summed E-state index contributed by atoms with van der Waals surface area (Å²) in [6.45, 7) is 3.73. The SMILES string of the molecule is Cc1ccc(S(=O)(=O)Nc2ccc3c(c2)ncn3C)c(C)c1. The molecule has 0 fully saturated rings. The highest BCUT2D eigenvalue weighted by Gasteiger charge is 2.17. The molecule has 1 aromatic heterocycles. The van der Waals surface area contributed by atoms with E-state index in [1.807, 2.05) is 30.7 Å². The minimum atomic E-state index is -3.61. The summed E-state index contributed by atoms with van der Waals surface area (Å²) in [5, 5.41) is 0. The first-order chi connectivity index (χ1) is 10.4. The summed E-state index contributed by atoms with van der Waals surface area (Å²) in [5.41, 5.74) is 3.97. The zero-order valence-corrected chi connectivity index (χ0v) is 13.5. The highest BCUT2D eigenvalue weighted by molar-refractivity contribution is 7.92. The maximum absolute atomic E-state index is 12.5. The normalized spacial score (nSPS) is 11.8. The van der Waals surface area contributed by atoms with Crippen LogP contribution in [0.5, 0.6) is 0 Å². The fourth-order valence-electron chi connectivity index (χ4n) is 2.51. The lowest BCUT2D eigenvalue weighted by Crippen LogP contribution is -2.14. The fraction of sp³-hybridized carbons (Fsp3) is 0.188. The van der Waals surface area contributed by atoms with Gasteiger partial charge in [-0.15, -0.1) is 0 Å². The molecule has 1 heterocycles. The zero-order chi connectivity index (χ0) is 15.9. The van der Waals surface area contributed by atoms with E-state index in [2.05, 4.69) is 9.71 Å². The van der Waals surface area contributed by atoms with Crippen molar-refractivity contribution in [1.82, 2.24) is 9.55 Å². The number of sulfonamides is 1. The zero-order valence-electron chi connectivity index (χ0n) is 12.7. The van der Waals surface area contributed by atoms with Crippen LogP contribution in [0.25, 0.3) is 11.0 Å². The molecule has 0 aliphatic heterocycles. The second-order valence-corrected chi connectivity index (χ2v) is 7.08. The summed E-state index contributed by atoms with van der Waals surface area (Å²) < 4.78 is 29.6. The lowest BCUT2D eigenvalue weighted by Gasteiger charge is -2.11. The summed E-state index contributed by atoms with van der Waals surface area (Å²) >= 11 is 0. The highest BCUT2D eigenvalue weighted by atomic mass is 32.2. The molecule has 1 N–H and O–H groups in total. The molecule has 3 aromatic rings. The molecular formula is C16H17N3O2S. The van der Waals surface area contributed by atoms with Crippen LogP contribution in [-0.4, -0.2) is 18.0 Å². The summed E-state index contributed by atoms with van der Waals surface area (Å²) in [7, 11) is -1.71. The molecule has 0 radical (unpaired) electrons. The number of aromatic nitrogens is 2. The van der Waals surface area contributed by atoms with Crippen molar-refractivity contribution in [3.63, 3.8) is 0 Å². The number of nitrogens with zero attached hydrogens (tertiary/aromatic N) is 2. The molecule has 2 aromatic carbocycles. The Bertz CT molecular complexity index is 959. The minimum Gasteiger partial charge on any atom is -0.334 e. The Balaban J connectivity index is 1.98. The lowest BCUT2D eigenvalue weighted by molar-refractivity contribution is 0.600. The monoisotopic (exact) mass is 315 g/mol. The summed E-state index contributed by atoms with van der Waals surface area (Å²) in [4.78, 5) is 4.53. The molecule has 0 bridgehead atoms. The van der Waals surface area contributed by atoms with E-state index in [0.29, 0.717) is 10.6 Å². The van der Waals surface area contributed by atoms with Crippen LogP contribution in [0.1, 0.15) is 11.1 Å². The summed E-state index contributed by atoms with van der Waals surface area (Å²) in [5.74, 6) is 0. The molecule has 114 valence electrons. The van der Waals surface area contributed by atoms with E-state index in [1.165, 1.54) is 0 Å². The topological polar surface area (TPSA) is 64.0 Å². The molecular weight excluding hydrogens is 298 g/mol. The second kappa shape index (κ2) is 5.14. The van der Waals surface area contributed by atoms with Gasteiger partial charge in [-0.3, -0.25) is 4.72 Å². The molecule has 0 saturated carbocycles. The van der Waals surface area contributed by atoms with E-state index in [4.69, 9.17) is 0 Å². The van der Waals surface area contributed by atoms with Crippen LogP contribution in [0.15, 0.2) is 47.6 Å². The van der Waals surface area contributed by atoms with Gasteiger partial charge >= 0.3 is 0 Å². The molecule has 6 heteroatoms. The lowest BCUT2D eigenvalue weighted by atomic mass is 10.2. The number of benzene rings is 2. The van der Waals surface area contributed by atoms with Crippen molar-refractivity contribution in [3.05, 3.63) is 53.9 Å². The first-order valence-corrected chi connectivity index (χ1v) is 8.36. The number of hydrogen-bond donors (Lipinski definition) is 1. The second-order valence-electron chi connectivity index (χ2n) is 5.43. The third-order valence-electron chi connectivity index (χ3n) is 3.60. The Morgan fingerprint density at radius 3 is 2.59 bits per heavy atom. The number of hydrogen-bond acceptors (Lipinski definition) is 3. The third-order valence-corrected chi connectivity index (χ3v) is 5.14. The van der Waals surface area contributed by atoms with Gasteiger partial charge in [0.15, 0.2) is 0 Å². The van der Waals surface area contributed by atoms with E-state index >= 15 is 0 Å². The predicted octanol–water partition coefficient (Wildman–Crippen LogP) is 2.99. The van der Waals surface area contributed by atoms with Gasteiger partial charge in [0.25, 0.3) is 10.0 Å². The van der Waals surface area contributed by atoms with Gasteiger partial charge in [-0.1, -0.05) is 17.7 Å². The quantitative estimate of drug-likeness (QED) is 0.808. The fourth-order valence-corrected chi connectivity index (χ4v) is 3.79. The number of rotatable bonds is 3. The number of imidazole rings is 1. The molecule has 0 unspecified atom stereocenters. The average molecular weight is 315 g/mol. The summed E-state index contributed by atoms with van der Waals surface area (Å²) in [6, 6.07) is 10.6. The first-order valence-electron chi connectivity index (χ1n) is 6.88. The van der Waals surface area contributed by atoms with Crippen molar-refractivity contribution in [1.29, 1.82) is 0 Å². The number of fused-ring (bicyclic) bond motifs is 1. The Kier molecular flexibility index (Phi) is 3.41. The van der Waals surface area contributed by atoms with Crippen LogP contribution < -0.4 is 4.72 Å². The van der Waals surface area contributed by atoms with Crippen LogP contribution in [0.2, 0.25) is 0 Å². The molecule has 3 rings (SSSR count). The largest absolute Gasteiger partial charge is 0.334 e. The molecule has 0 aliphatic carbocycles. The van der Waals surface area contributed by atoms with Gasteiger partial charge < -0.3 is 4.57 Å². The van der Waals surface area contributed by atoms with Gasteiger partial charge in [0.1, 0.15) is 0 Å². The molecule has 0 amide bonds. The van der Waals surface area contributed by atoms with Gasteiger partial charge in [-0.25, -0.2) is 13.4 Å². The van der Waals surface area contributed by atoms with E-state index in [0.717, 1.165) is 22.2 Å². The van der Waals surface area contributed by atoms with E-state index in [1.54, 1.807) is 37.5 Å². The third kappa shape index (κ3) is 2.57. The van der Waals surface area contributed by atoms with Crippen molar-refractivity contribution >= 4 is 26.7 Å². The van der Waals surface area contributed by atoms with Crippen LogP contribution >= 0.6 is 0 Å². The van der Waals surface area contributed by atoms with Gasteiger partial charge in [-0.2, -0.15) is 0 Å². The standard InChI is InChI=1S/C16H17N3O2S/c1-11-4-7-16(12(2)8-11)22(20,21)18-13-5-6-15-14(9-13)17-10-19(15)3/h4-10,18H,1-3H3. The smallest absolute Gasteiger partial charge is 0.262 e. The Labute approximate surface area is 129 Å². The van der Waals surface area contributed by atoms with Crippen LogP contribution in [0, 0.1) is 13.8 Å². The maximum Gasteiger partial charge on any atom is 0.262 e. The van der Waals surface area contributed by atoms with Crippen molar-refractivity contribution in [3.8, 4) is 0 Å². The van der Waals surface area contributed by atoms with Crippen LogP contribution in [0.4, 0.5) is 5.69 Å². The number of aryl methyl sites for hydroxylation is 3. The van der Waals surface area contributed by atoms with E-state index < -0.39 is 10.0 Å². The summed E-state index contributed by atoms with van der Waals surface area (Å²) in [6.07, 6.45) is 1.70. The molecule has 0 spiro atoms. The van der Waals surface area contributed by atoms with Gasteiger partial charge in [0.2, 0.25) is 0 Å². The van der Waals surface area contributed by atoms with Crippen LogP contribution in [0.3, 0.4) is 0 Å². The Morgan fingerprint density at radius 2 is 1.86 bits per heavy atom. The molecule has 0 saturated heterocycles.